The molecule has 0 saturated heterocycles. The molecule has 0 fully saturated rings. The smallest absolute Gasteiger partial charge is 0.356 e. The Balaban J connectivity index is 0.000000251. The number of aryl methyl sites for hydroxylation is 2. The fourth-order valence-electron chi connectivity index (χ4n) is 1.80. The Bertz CT molecular complexity index is 766. The summed E-state index contributed by atoms with van der Waals surface area (Å²) in [5.41, 5.74) is 0.492. The molecule has 0 amide bonds. The van der Waals surface area contributed by atoms with Gasteiger partial charge in [0.05, 0.1) is 18.5 Å². The van der Waals surface area contributed by atoms with Crippen molar-refractivity contribution in [3.8, 4) is 0 Å². The van der Waals surface area contributed by atoms with Crippen molar-refractivity contribution in [1.29, 1.82) is 0 Å². The van der Waals surface area contributed by atoms with E-state index in [1.165, 1.54) is 19.2 Å². The van der Waals surface area contributed by atoms with Crippen molar-refractivity contribution in [1.82, 2.24) is 9.97 Å². The maximum absolute atomic E-state index is 12.9. The van der Waals surface area contributed by atoms with Crippen LogP contribution in [0.5, 0.6) is 0 Å². The highest BCUT2D eigenvalue weighted by Crippen LogP contribution is 2.07. The first-order valence-electron chi connectivity index (χ1n) is 7.46. The Kier molecular flexibility index (Phi) is 7.58. The predicted octanol–water partition coefficient (Wildman–Crippen LogP) is 3.05. The molecule has 0 aliphatic heterocycles. The van der Waals surface area contributed by atoms with E-state index in [1.807, 2.05) is 0 Å². The number of esters is 1. The fourth-order valence-corrected chi connectivity index (χ4v) is 1.80. The zero-order chi connectivity index (χ0) is 19.0. The summed E-state index contributed by atoms with van der Waals surface area (Å²) in [5.74, 6) is -2.53. The third-order valence-electron chi connectivity index (χ3n) is 3.12. The van der Waals surface area contributed by atoms with Crippen molar-refractivity contribution in [2.45, 2.75) is 26.7 Å². The van der Waals surface area contributed by atoms with Crippen LogP contribution in [0.25, 0.3) is 0 Å². The van der Waals surface area contributed by atoms with Crippen LogP contribution in [0.3, 0.4) is 0 Å². The monoisotopic (exact) mass is 352 g/mol. The first-order chi connectivity index (χ1) is 11.8. The van der Waals surface area contributed by atoms with E-state index in [9.17, 15) is 18.4 Å². The fraction of sp³-hybridized carbons (Fsp3) is 0.294. The van der Waals surface area contributed by atoms with Gasteiger partial charge in [0.25, 0.3) is 0 Å². The molecular weight excluding hydrogens is 334 g/mol. The summed E-state index contributed by atoms with van der Waals surface area (Å²) in [6.07, 6.45) is 0.851. The third-order valence-corrected chi connectivity index (χ3v) is 3.12. The number of halogens is 2. The summed E-state index contributed by atoms with van der Waals surface area (Å²) in [7, 11) is 1.26. The van der Waals surface area contributed by atoms with Gasteiger partial charge in [0.15, 0.2) is 0 Å². The second kappa shape index (κ2) is 9.41. The molecule has 0 aromatic carbocycles. The van der Waals surface area contributed by atoms with Crippen LogP contribution in [0, 0.1) is 11.6 Å². The van der Waals surface area contributed by atoms with Crippen LogP contribution >= 0.6 is 0 Å². The average Bonchev–Trinajstić information content (AvgIpc) is 2.62. The predicted molar refractivity (Wildman–Crippen MR) is 85.4 cm³/mol. The van der Waals surface area contributed by atoms with Crippen LogP contribution in [-0.2, 0) is 17.6 Å². The molecule has 0 spiro atoms. The van der Waals surface area contributed by atoms with Gasteiger partial charge in [-0.15, -0.1) is 0 Å². The molecule has 2 aromatic heterocycles. The lowest BCUT2D eigenvalue weighted by atomic mass is 10.2. The van der Waals surface area contributed by atoms with Crippen LogP contribution < -0.4 is 0 Å². The van der Waals surface area contributed by atoms with Gasteiger partial charge in [0.1, 0.15) is 23.0 Å². The van der Waals surface area contributed by atoms with Gasteiger partial charge in [-0.2, -0.15) is 0 Å². The van der Waals surface area contributed by atoms with E-state index >= 15 is 0 Å². The number of methoxy groups -OCH3 is 1. The average molecular weight is 352 g/mol. The molecule has 134 valence electrons. The zero-order valence-electron chi connectivity index (χ0n) is 14.0. The molecule has 0 saturated carbocycles. The Morgan fingerprint density at radius 2 is 1.40 bits per heavy atom. The molecule has 8 heteroatoms. The summed E-state index contributed by atoms with van der Waals surface area (Å²) in [6, 6.07) is 4.80. The molecule has 1 N–H and O–H groups in total. The van der Waals surface area contributed by atoms with Gasteiger partial charge >= 0.3 is 11.9 Å². The Labute approximate surface area is 143 Å². The Hall–Kier alpha value is -2.90. The molecule has 0 radical (unpaired) electrons. The normalized spacial score (nSPS) is 9.80. The number of hydrogen-bond acceptors (Lipinski definition) is 5. The van der Waals surface area contributed by atoms with Crippen LogP contribution in [0.1, 0.15) is 46.2 Å². The molecule has 0 unspecified atom stereocenters. The van der Waals surface area contributed by atoms with Crippen molar-refractivity contribution in [3.63, 3.8) is 0 Å². The number of pyridine rings is 2. The largest absolute Gasteiger partial charge is 0.477 e. The minimum atomic E-state index is -1.13. The van der Waals surface area contributed by atoms with Crippen molar-refractivity contribution in [2.24, 2.45) is 0 Å². The number of aromatic nitrogens is 2. The summed E-state index contributed by atoms with van der Waals surface area (Å²) in [4.78, 5) is 28.8. The number of ether oxygens (including phenoxy) is 1. The van der Waals surface area contributed by atoms with Gasteiger partial charge in [-0.1, -0.05) is 13.8 Å². The Morgan fingerprint density at radius 1 is 0.960 bits per heavy atom. The maximum atomic E-state index is 12.9. The van der Waals surface area contributed by atoms with E-state index in [4.69, 9.17) is 5.11 Å². The van der Waals surface area contributed by atoms with Gasteiger partial charge in [-0.05, 0) is 37.1 Å². The summed E-state index contributed by atoms with van der Waals surface area (Å²) < 4.78 is 30.2. The number of carboxylic acids is 1. The van der Waals surface area contributed by atoms with E-state index < -0.39 is 23.6 Å². The molecule has 2 aromatic rings. The number of carboxylic acid groups (broad SMARTS) is 1. The number of aromatic carboxylic acids is 1. The quantitative estimate of drug-likeness (QED) is 0.851. The van der Waals surface area contributed by atoms with Crippen molar-refractivity contribution >= 4 is 11.9 Å². The SMILES string of the molecule is CCc1nc(C(=O)O)ccc1F.CCc1nc(C(=O)OC)ccc1F. The van der Waals surface area contributed by atoms with Gasteiger partial charge in [-0.25, -0.2) is 28.3 Å². The molecule has 0 aliphatic rings. The summed E-state index contributed by atoms with van der Waals surface area (Å²) >= 11 is 0. The highest BCUT2D eigenvalue weighted by Gasteiger charge is 2.10. The van der Waals surface area contributed by atoms with E-state index in [-0.39, 0.29) is 22.8 Å². The molecule has 0 bridgehead atoms. The Morgan fingerprint density at radius 3 is 1.80 bits per heavy atom. The number of nitrogens with zero attached hydrogens (tertiary/aromatic N) is 2. The van der Waals surface area contributed by atoms with E-state index in [0.717, 1.165) is 12.1 Å². The van der Waals surface area contributed by atoms with Crippen LogP contribution in [-0.4, -0.2) is 34.1 Å². The lowest BCUT2D eigenvalue weighted by molar-refractivity contribution is 0.0592. The highest BCUT2D eigenvalue weighted by molar-refractivity contribution is 5.87. The minimum Gasteiger partial charge on any atom is -0.477 e. The van der Waals surface area contributed by atoms with E-state index in [0.29, 0.717) is 12.8 Å². The minimum absolute atomic E-state index is 0.117. The highest BCUT2D eigenvalue weighted by atomic mass is 19.1. The van der Waals surface area contributed by atoms with Crippen molar-refractivity contribution in [2.75, 3.05) is 7.11 Å². The van der Waals surface area contributed by atoms with Gasteiger partial charge in [0.2, 0.25) is 0 Å². The van der Waals surface area contributed by atoms with Gasteiger partial charge in [0, 0.05) is 0 Å². The zero-order valence-corrected chi connectivity index (χ0v) is 14.0. The number of hydrogen-bond donors (Lipinski definition) is 1. The molecular formula is C17H18F2N2O4. The lowest BCUT2D eigenvalue weighted by Gasteiger charge is -2.01. The second-order valence-electron chi connectivity index (χ2n) is 4.75. The van der Waals surface area contributed by atoms with E-state index in [2.05, 4.69) is 14.7 Å². The molecule has 0 aliphatic carbocycles. The van der Waals surface area contributed by atoms with Crippen molar-refractivity contribution in [3.05, 3.63) is 58.7 Å². The molecule has 2 rings (SSSR count). The third kappa shape index (κ3) is 5.59. The molecule has 25 heavy (non-hydrogen) atoms. The number of carbonyl (C=O) groups is 2. The molecule has 2 heterocycles. The standard InChI is InChI=1S/C9H10FNO2.C8H8FNO2/c1-3-7-6(10)4-5-8(11-7)9(12)13-2;1-2-6-5(9)3-4-7(10-6)8(11)12/h4-5H,3H2,1-2H3;3-4H,2H2,1H3,(H,11,12). The van der Waals surface area contributed by atoms with E-state index in [1.54, 1.807) is 13.8 Å². The van der Waals surface area contributed by atoms with Crippen LogP contribution in [0.15, 0.2) is 24.3 Å². The molecule has 0 atom stereocenters. The maximum Gasteiger partial charge on any atom is 0.356 e. The van der Waals surface area contributed by atoms with Gasteiger partial charge in [-0.3, -0.25) is 0 Å². The van der Waals surface area contributed by atoms with Crippen LogP contribution in [0.2, 0.25) is 0 Å². The topological polar surface area (TPSA) is 89.4 Å². The lowest BCUT2D eigenvalue weighted by Crippen LogP contribution is -2.06. The molecule has 6 nitrogen and oxygen atoms in total. The number of rotatable bonds is 4. The second-order valence-corrected chi connectivity index (χ2v) is 4.75. The van der Waals surface area contributed by atoms with Gasteiger partial charge < -0.3 is 9.84 Å². The number of carbonyl (C=O) groups excluding carboxylic acids is 1. The van der Waals surface area contributed by atoms with Crippen LogP contribution in [0.4, 0.5) is 8.78 Å². The first kappa shape index (κ1) is 20.1. The van der Waals surface area contributed by atoms with Crippen molar-refractivity contribution < 1.29 is 28.2 Å². The summed E-state index contributed by atoms with van der Waals surface area (Å²) in [5, 5.41) is 8.51. The first-order valence-corrected chi connectivity index (χ1v) is 7.46. The summed E-state index contributed by atoms with van der Waals surface area (Å²) in [6.45, 7) is 3.49.